The number of nitrogens with zero attached hydrogens (tertiary/aromatic N) is 2. The summed E-state index contributed by atoms with van der Waals surface area (Å²) < 4.78 is 10.3. The molecule has 3 rings (SSSR count). The van der Waals surface area contributed by atoms with Crippen molar-refractivity contribution in [1.82, 2.24) is 10.1 Å². The molecule has 0 saturated heterocycles. The summed E-state index contributed by atoms with van der Waals surface area (Å²) in [6, 6.07) is 11.7. The molecule has 20 heavy (non-hydrogen) atoms. The summed E-state index contributed by atoms with van der Waals surface area (Å²) in [6.07, 6.45) is 3.72. The summed E-state index contributed by atoms with van der Waals surface area (Å²) >= 11 is 1.58. The topological polar surface area (TPSA) is 48.2 Å². The molecule has 0 spiro atoms. The molecule has 3 aromatic rings. The van der Waals surface area contributed by atoms with Crippen LogP contribution in [0.15, 0.2) is 46.3 Å². The van der Waals surface area contributed by atoms with Crippen molar-refractivity contribution in [2.75, 3.05) is 7.11 Å². The molecule has 0 radical (unpaired) electrons. The molecule has 2 aromatic heterocycles. The van der Waals surface area contributed by atoms with Gasteiger partial charge in [-0.1, -0.05) is 23.4 Å². The van der Waals surface area contributed by atoms with Gasteiger partial charge in [0.15, 0.2) is 0 Å². The first-order valence-electron chi connectivity index (χ1n) is 6.05. The quantitative estimate of drug-likeness (QED) is 0.727. The van der Waals surface area contributed by atoms with Crippen molar-refractivity contribution in [2.45, 2.75) is 0 Å². The first-order valence-corrected chi connectivity index (χ1v) is 6.93. The fraction of sp³-hybridized carbons (Fsp3) is 0.0667. The molecule has 0 aliphatic rings. The lowest BCUT2D eigenvalue weighted by atomic mass is 10.2. The minimum Gasteiger partial charge on any atom is -0.497 e. The first kappa shape index (κ1) is 12.6. The molecule has 0 N–H and O–H groups in total. The van der Waals surface area contributed by atoms with Gasteiger partial charge in [-0.15, -0.1) is 11.3 Å². The van der Waals surface area contributed by atoms with Crippen LogP contribution >= 0.6 is 11.3 Å². The zero-order chi connectivity index (χ0) is 13.8. The Morgan fingerprint density at radius 1 is 1.15 bits per heavy atom. The van der Waals surface area contributed by atoms with Gasteiger partial charge in [0.05, 0.1) is 12.0 Å². The zero-order valence-corrected chi connectivity index (χ0v) is 11.6. The third-order valence-corrected chi connectivity index (χ3v) is 3.58. The second-order valence-corrected chi connectivity index (χ2v) is 4.99. The molecule has 0 amide bonds. The number of thiophene rings is 1. The molecular formula is C15H12N2O2S. The van der Waals surface area contributed by atoms with E-state index in [2.05, 4.69) is 10.1 Å². The zero-order valence-electron chi connectivity index (χ0n) is 10.8. The Morgan fingerprint density at radius 2 is 2.00 bits per heavy atom. The number of hydrogen-bond donors (Lipinski definition) is 0. The van der Waals surface area contributed by atoms with E-state index in [1.807, 2.05) is 47.9 Å². The molecule has 0 aliphatic heterocycles. The van der Waals surface area contributed by atoms with E-state index in [1.54, 1.807) is 24.5 Å². The molecule has 100 valence electrons. The average molecular weight is 284 g/mol. The second kappa shape index (κ2) is 5.71. The monoisotopic (exact) mass is 284 g/mol. The number of benzene rings is 1. The maximum absolute atomic E-state index is 5.19. The summed E-state index contributed by atoms with van der Waals surface area (Å²) in [4.78, 5) is 5.32. The van der Waals surface area contributed by atoms with Gasteiger partial charge in [-0.2, -0.15) is 4.98 Å². The van der Waals surface area contributed by atoms with Crippen LogP contribution in [0.5, 0.6) is 5.75 Å². The molecule has 4 nitrogen and oxygen atoms in total. The van der Waals surface area contributed by atoms with Crippen molar-refractivity contribution in [3.63, 3.8) is 0 Å². The summed E-state index contributed by atoms with van der Waals surface area (Å²) in [5.41, 5.74) is 1.04. The van der Waals surface area contributed by atoms with Crippen LogP contribution < -0.4 is 4.74 Å². The lowest BCUT2D eigenvalue weighted by Crippen LogP contribution is -1.81. The Kier molecular flexibility index (Phi) is 3.60. The fourth-order valence-electron chi connectivity index (χ4n) is 1.69. The minimum absolute atomic E-state index is 0.490. The molecular weight excluding hydrogens is 272 g/mol. The summed E-state index contributed by atoms with van der Waals surface area (Å²) in [6.45, 7) is 0. The molecule has 5 heteroatoms. The van der Waals surface area contributed by atoms with Crippen molar-refractivity contribution in [3.8, 4) is 16.5 Å². The van der Waals surface area contributed by atoms with E-state index < -0.39 is 0 Å². The highest BCUT2D eigenvalue weighted by Gasteiger charge is 2.06. The Morgan fingerprint density at radius 3 is 2.70 bits per heavy atom. The van der Waals surface area contributed by atoms with E-state index in [1.165, 1.54) is 0 Å². The largest absolute Gasteiger partial charge is 0.497 e. The lowest BCUT2D eigenvalue weighted by molar-refractivity contribution is 0.411. The number of rotatable bonds is 4. The van der Waals surface area contributed by atoms with Gasteiger partial charge in [-0.25, -0.2) is 0 Å². The number of methoxy groups -OCH3 is 1. The van der Waals surface area contributed by atoms with Crippen LogP contribution in [0.25, 0.3) is 22.9 Å². The van der Waals surface area contributed by atoms with Crippen LogP contribution in [0.3, 0.4) is 0 Å². The van der Waals surface area contributed by atoms with E-state index in [0.717, 1.165) is 16.2 Å². The van der Waals surface area contributed by atoms with Gasteiger partial charge in [-0.05, 0) is 35.2 Å². The Bertz CT molecular complexity index is 700. The van der Waals surface area contributed by atoms with Crippen molar-refractivity contribution in [1.29, 1.82) is 0 Å². The predicted octanol–water partition coefficient (Wildman–Crippen LogP) is 3.98. The SMILES string of the molecule is COc1ccc(/C=C/c2nc(-c3cccs3)no2)cc1. The molecule has 0 unspecified atom stereocenters. The molecule has 0 fully saturated rings. The molecule has 0 bridgehead atoms. The van der Waals surface area contributed by atoms with Gasteiger partial charge in [0.25, 0.3) is 5.89 Å². The molecule has 0 saturated carbocycles. The van der Waals surface area contributed by atoms with E-state index >= 15 is 0 Å². The van der Waals surface area contributed by atoms with Crippen molar-refractivity contribution < 1.29 is 9.26 Å². The van der Waals surface area contributed by atoms with Gasteiger partial charge < -0.3 is 9.26 Å². The van der Waals surface area contributed by atoms with Crippen LogP contribution in [0.1, 0.15) is 11.5 Å². The van der Waals surface area contributed by atoms with Gasteiger partial charge in [0.2, 0.25) is 5.82 Å². The van der Waals surface area contributed by atoms with E-state index in [-0.39, 0.29) is 0 Å². The van der Waals surface area contributed by atoms with Crippen molar-refractivity contribution >= 4 is 23.5 Å². The highest BCUT2D eigenvalue weighted by molar-refractivity contribution is 7.13. The summed E-state index contributed by atoms with van der Waals surface area (Å²) in [5.74, 6) is 1.94. The average Bonchev–Trinajstić information content (AvgIpc) is 3.16. The van der Waals surface area contributed by atoms with E-state index in [4.69, 9.17) is 9.26 Å². The highest BCUT2D eigenvalue weighted by Crippen LogP contribution is 2.21. The van der Waals surface area contributed by atoms with Gasteiger partial charge >= 0.3 is 0 Å². The summed E-state index contributed by atoms with van der Waals surface area (Å²) in [5, 5.41) is 5.94. The normalized spacial score (nSPS) is 11.1. The number of hydrogen-bond acceptors (Lipinski definition) is 5. The predicted molar refractivity (Wildman–Crippen MR) is 79.5 cm³/mol. The van der Waals surface area contributed by atoms with Crippen LogP contribution in [0, 0.1) is 0 Å². The molecule has 0 atom stereocenters. The molecule has 0 aliphatic carbocycles. The van der Waals surface area contributed by atoms with E-state index in [0.29, 0.717) is 11.7 Å². The second-order valence-electron chi connectivity index (χ2n) is 4.04. The Balaban J connectivity index is 1.75. The first-order chi connectivity index (χ1) is 9.85. The summed E-state index contributed by atoms with van der Waals surface area (Å²) in [7, 11) is 1.65. The van der Waals surface area contributed by atoms with Crippen molar-refractivity contribution in [3.05, 3.63) is 53.2 Å². The van der Waals surface area contributed by atoms with E-state index in [9.17, 15) is 0 Å². The Hall–Kier alpha value is -2.40. The minimum atomic E-state index is 0.490. The van der Waals surface area contributed by atoms with Gasteiger partial charge in [-0.3, -0.25) is 0 Å². The molecule has 2 heterocycles. The van der Waals surface area contributed by atoms with Gasteiger partial charge in [0.1, 0.15) is 5.75 Å². The Labute approximate surface area is 120 Å². The standard InChI is InChI=1S/C15H12N2O2S/c1-18-12-7-4-11(5-8-12)6-9-14-16-15(17-19-14)13-3-2-10-20-13/h2-10H,1H3/b9-6+. The van der Waals surface area contributed by atoms with Crippen LogP contribution in [0.4, 0.5) is 0 Å². The van der Waals surface area contributed by atoms with Crippen molar-refractivity contribution in [2.24, 2.45) is 0 Å². The van der Waals surface area contributed by atoms with Crippen LogP contribution in [0.2, 0.25) is 0 Å². The fourth-order valence-corrected chi connectivity index (χ4v) is 2.34. The highest BCUT2D eigenvalue weighted by atomic mass is 32.1. The third kappa shape index (κ3) is 2.78. The van der Waals surface area contributed by atoms with Crippen LogP contribution in [-0.4, -0.2) is 17.3 Å². The maximum Gasteiger partial charge on any atom is 0.250 e. The lowest BCUT2D eigenvalue weighted by Gasteiger charge is -1.98. The maximum atomic E-state index is 5.19. The van der Waals surface area contributed by atoms with Crippen LogP contribution in [-0.2, 0) is 0 Å². The third-order valence-electron chi connectivity index (χ3n) is 2.72. The number of aromatic nitrogens is 2. The molecule has 1 aromatic carbocycles. The van der Waals surface area contributed by atoms with Gasteiger partial charge in [0, 0.05) is 6.08 Å². The smallest absolute Gasteiger partial charge is 0.250 e. The number of ether oxygens (including phenoxy) is 1.